The molecule has 0 atom stereocenters. The first-order valence-electron chi connectivity index (χ1n) is 5.83. The van der Waals surface area contributed by atoms with Gasteiger partial charge in [-0.25, -0.2) is 5.06 Å². The number of carbonyl (C=O) groups is 1. The summed E-state index contributed by atoms with van der Waals surface area (Å²) in [6, 6.07) is 10.3. The molecule has 1 aliphatic heterocycles. The zero-order chi connectivity index (χ0) is 11.2. The van der Waals surface area contributed by atoms with Crippen molar-refractivity contribution < 1.29 is 9.63 Å². The number of hydroxylamine groups is 2. The molecule has 0 aliphatic carbocycles. The molecule has 0 radical (unpaired) electrons. The number of nitrogens with zero attached hydrogens (tertiary/aromatic N) is 1. The molecule has 1 saturated heterocycles. The zero-order valence-corrected chi connectivity index (χ0v) is 9.39. The number of hydrogen-bond donors (Lipinski definition) is 0. The average molecular weight is 219 g/mol. The van der Waals surface area contributed by atoms with Crippen LogP contribution in [0.1, 0.15) is 24.8 Å². The number of benzene rings is 1. The molecule has 1 aromatic rings. The van der Waals surface area contributed by atoms with E-state index in [1.165, 1.54) is 10.6 Å². The summed E-state index contributed by atoms with van der Waals surface area (Å²) < 4.78 is 0. The van der Waals surface area contributed by atoms with Crippen molar-refractivity contribution in [1.82, 2.24) is 5.06 Å². The van der Waals surface area contributed by atoms with E-state index in [9.17, 15) is 4.79 Å². The number of aryl methyl sites for hydroxylation is 1. The Labute approximate surface area is 96.0 Å². The van der Waals surface area contributed by atoms with Gasteiger partial charge in [0.15, 0.2) is 0 Å². The van der Waals surface area contributed by atoms with Crippen molar-refractivity contribution in [2.75, 3.05) is 13.2 Å². The molecule has 3 nitrogen and oxygen atoms in total. The normalized spacial score (nSPS) is 15.4. The lowest BCUT2D eigenvalue weighted by atomic mass is 10.1. The molecule has 1 heterocycles. The van der Waals surface area contributed by atoms with E-state index in [2.05, 4.69) is 12.1 Å². The minimum atomic E-state index is 0.119. The second-order valence-electron chi connectivity index (χ2n) is 4.02. The van der Waals surface area contributed by atoms with Gasteiger partial charge in [0.2, 0.25) is 5.91 Å². The third kappa shape index (κ3) is 3.07. The van der Waals surface area contributed by atoms with E-state index in [0.29, 0.717) is 13.0 Å². The number of hydrogen-bond acceptors (Lipinski definition) is 2. The van der Waals surface area contributed by atoms with Crippen LogP contribution in [0, 0.1) is 0 Å². The second kappa shape index (κ2) is 5.66. The van der Waals surface area contributed by atoms with Gasteiger partial charge in [-0.3, -0.25) is 9.63 Å². The SMILES string of the molecule is O=C(CCCc1ccccc1)N1CCCO1. The molecule has 1 amide bonds. The van der Waals surface area contributed by atoms with Gasteiger partial charge in [-0.05, 0) is 24.8 Å². The standard InChI is InChI=1S/C13H17NO2/c15-13(14-10-5-11-16-14)9-4-8-12-6-2-1-3-7-12/h1-3,6-7H,4-5,8-11H2. The van der Waals surface area contributed by atoms with E-state index in [4.69, 9.17) is 4.84 Å². The molecular formula is C13H17NO2. The Balaban J connectivity index is 1.70. The average Bonchev–Trinajstić information content (AvgIpc) is 2.84. The Kier molecular flexibility index (Phi) is 3.94. The van der Waals surface area contributed by atoms with Crippen LogP contribution in [0.5, 0.6) is 0 Å². The van der Waals surface area contributed by atoms with Crippen LogP contribution >= 0.6 is 0 Å². The molecular weight excluding hydrogens is 202 g/mol. The Bertz CT molecular complexity index is 331. The molecule has 0 aromatic heterocycles. The van der Waals surface area contributed by atoms with E-state index in [0.717, 1.165) is 25.8 Å². The van der Waals surface area contributed by atoms with Crippen LogP contribution in [-0.4, -0.2) is 24.1 Å². The van der Waals surface area contributed by atoms with Crippen molar-refractivity contribution in [1.29, 1.82) is 0 Å². The fourth-order valence-electron chi connectivity index (χ4n) is 1.86. The van der Waals surface area contributed by atoms with Gasteiger partial charge >= 0.3 is 0 Å². The maximum Gasteiger partial charge on any atom is 0.246 e. The molecule has 0 N–H and O–H groups in total. The predicted octanol–water partition coefficient (Wildman–Crippen LogP) is 2.17. The Morgan fingerprint density at radius 1 is 1.31 bits per heavy atom. The largest absolute Gasteiger partial charge is 0.273 e. The van der Waals surface area contributed by atoms with Crippen molar-refractivity contribution in [2.45, 2.75) is 25.7 Å². The molecule has 0 saturated carbocycles. The fraction of sp³-hybridized carbons (Fsp3) is 0.462. The van der Waals surface area contributed by atoms with Gasteiger partial charge in [0.1, 0.15) is 0 Å². The topological polar surface area (TPSA) is 29.5 Å². The quantitative estimate of drug-likeness (QED) is 0.776. The summed E-state index contributed by atoms with van der Waals surface area (Å²) in [6.45, 7) is 1.44. The van der Waals surface area contributed by atoms with Gasteiger partial charge in [-0.1, -0.05) is 30.3 Å². The molecule has 16 heavy (non-hydrogen) atoms. The number of rotatable bonds is 4. The lowest BCUT2D eigenvalue weighted by Crippen LogP contribution is -2.26. The van der Waals surface area contributed by atoms with Gasteiger partial charge in [0.05, 0.1) is 13.2 Å². The highest BCUT2D eigenvalue weighted by molar-refractivity contribution is 5.75. The molecule has 1 fully saturated rings. The van der Waals surface area contributed by atoms with E-state index in [1.54, 1.807) is 0 Å². The van der Waals surface area contributed by atoms with Crippen LogP contribution in [0.3, 0.4) is 0 Å². The number of carbonyl (C=O) groups excluding carboxylic acids is 1. The molecule has 0 bridgehead atoms. The highest BCUT2D eigenvalue weighted by Crippen LogP contribution is 2.10. The van der Waals surface area contributed by atoms with Gasteiger partial charge < -0.3 is 0 Å². The molecule has 86 valence electrons. The Hall–Kier alpha value is -1.35. The second-order valence-corrected chi connectivity index (χ2v) is 4.02. The first-order chi connectivity index (χ1) is 7.86. The lowest BCUT2D eigenvalue weighted by molar-refractivity contribution is -0.168. The molecule has 3 heteroatoms. The minimum Gasteiger partial charge on any atom is -0.273 e. The van der Waals surface area contributed by atoms with Crippen molar-refractivity contribution in [2.24, 2.45) is 0 Å². The van der Waals surface area contributed by atoms with E-state index in [-0.39, 0.29) is 5.91 Å². The summed E-state index contributed by atoms with van der Waals surface area (Å²) in [5.41, 5.74) is 1.29. The maximum atomic E-state index is 11.6. The van der Waals surface area contributed by atoms with Crippen LogP contribution in [0.15, 0.2) is 30.3 Å². The third-order valence-corrected chi connectivity index (χ3v) is 2.73. The van der Waals surface area contributed by atoms with Crippen molar-refractivity contribution in [3.8, 4) is 0 Å². The smallest absolute Gasteiger partial charge is 0.246 e. The molecule has 0 unspecified atom stereocenters. The molecule has 0 spiro atoms. The van der Waals surface area contributed by atoms with Gasteiger partial charge in [0.25, 0.3) is 0 Å². The minimum absolute atomic E-state index is 0.119. The van der Waals surface area contributed by atoms with Crippen molar-refractivity contribution in [3.05, 3.63) is 35.9 Å². The van der Waals surface area contributed by atoms with Crippen LogP contribution in [0.2, 0.25) is 0 Å². The van der Waals surface area contributed by atoms with Crippen LogP contribution in [0.25, 0.3) is 0 Å². The van der Waals surface area contributed by atoms with Crippen LogP contribution < -0.4 is 0 Å². The van der Waals surface area contributed by atoms with E-state index < -0.39 is 0 Å². The fourth-order valence-corrected chi connectivity index (χ4v) is 1.86. The first-order valence-corrected chi connectivity index (χ1v) is 5.83. The van der Waals surface area contributed by atoms with E-state index in [1.807, 2.05) is 18.2 Å². The summed E-state index contributed by atoms with van der Waals surface area (Å²) in [6.07, 6.45) is 3.39. The monoisotopic (exact) mass is 219 g/mol. The summed E-state index contributed by atoms with van der Waals surface area (Å²) in [5.74, 6) is 0.119. The Morgan fingerprint density at radius 2 is 2.12 bits per heavy atom. The summed E-state index contributed by atoms with van der Waals surface area (Å²) in [4.78, 5) is 16.8. The Morgan fingerprint density at radius 3 is 2.81 bits per heavy atom. The predicted molar refractivity (Wildman–Crippen MR) is 61.7 cm³/mol. The number of amides is 1. The molecule has 2 rings (SSSR count). The lowest BCUT2D eigenvalue weighted by Gasteiger charge is -2.13. The highest BCUT2D eigenvalue weighted by Gasteiger charge is 2.18. The van der Waals surface area contributed by atoms with Gasteiger partial charge in [-0.2, -0.15) is 0 Å². The maximum absolute atomic E-state index is 11.6. The highest BCUT2D eigenvalue weighted by atomic mass is 16.7. The van der Waals surface area contributed by atoms with Gasteiger partial charge in [0, 0.05) is 6.42 Å². The zero-order valence-electron chi connectivity index (χ0n) is 9.39. The summed E-state index contributed by atoms with van der Waals surface area (Å²) >= 11 is 0. The molecule has 1 aliphatic rings. The molecule has 1 aromatic carbocycles. The first kappa shape index (κ1) is 11.1. The van der Waals surface area contributed by atoms with E-state index >= 15 is 0 Å². The van der Waals surface area contributed by atoms with Crippen molar-refractivity contribution >= 4 is 5.91 Å². The third-order valence-electron chi connectivity index (χ3n) is 2.73. The van der Waals surface area contributed by atoms with Gasteiger partial charge in [-0.15, -0.1) is 0 Å². The van der Waals surface area contributed by atoms with Crippen LogP contribution in [0.4, 0.5) is 0 Å². The summed E-state index contributed by atoms with van der Waals surface area (Å²) in [7, 11) is 0. The summed E-state index contributed by atoms with van der Waals surface area (Å²) in [5, 5.41) is 1.50. The van der Waals surface area contributed by atoms with Crippen molar-refractivity contribution in [3.63, 3.8) is 0 Å². The van der Waals surface area contributed by atoms with Crippen LogP contribution in [-0.2, 0) is 16.1 Å².